The number of nitrogens with one attached hydrogen (secondary N) is 1. The Morgan fingerprint density at radius 2 is 1.96 bits per heavy atom. The summed E-state index contributed by atoms with van der Waals surface area (Å²) in [6.07, 6.45) is 5.73. The Balaban J connectivity index is 1.95. The second kappa shape index (κ2) is 7.24. The molecule has 1 aliphatic rings. The summed E-state index contributed by atoms with van der Waals surface area (Å²) in [5.74, 6) is 0.902. The zero-order valence-electron chi connectivity index (χ0n) is 14.5. The lowest BCUT2D eigenvalue weighted by Crippen LogP contribution is -2.55. The van der Waals surface area contributed by atoms with Crippen LogP contribution in [0, 0.1) is 5.82 Å². The van der Waals surface area contributed by atoms with Gasteiger partial charge in [0.15, 0.2) is 23.4 Å². The van der Waals surface area contributed by atoms with Crippen LogP contribution in [0.1, 0.15) is 38.7 Å². The lowest BCUT2D eigenvalue weighted by atomic mass is 10.3. The van der Waals surface area contributed by atoms with Gasteiger partial charge in [-0.25, -0.2) is 29.3 Å². The van der Waals surface area contributed by atoms with Gasteiger partial charge >= 0.3 is 0 Å². The molecule has 3 heterocycles. The molecule has 0 fully saturated rings. The molecule has 0 aromatic carbocycles. The Morgan fingerprint density at radius 3 is 2.58 bits per heavy atom. The van der Waals surface area contributed by atoms with Gasteiger partial charge < -0.3 is 10.3 Å². The van der Waals surface area contributed by atoms with Crippen molar-refractivity contribution < 1.29 is 4.39 Å². The molecule has 0 saturated carbocycles. The molecule has 0 amide bonds. The minimum Gasteiger partial charge on any atom is -0.370 e. The van der Waals surface area contributed by atoms with Gasteiger partial charge in [0, 0.05) is 12.2 Å². The highest BCUT2D eigenvalue weighted by atomic mass is 35.5. The van der Waals surface area contributed by atoms with Crippen molar-refractivity contribution in [3.8, 4) is 0 Å². The van der Waals surface area contributed by atoms with E-state index in [2.05, 4.69) is 30.3 Å². The third-order valence-electron chi connectivity index (χ3n) is 3.69. The number of rotatable bonds is 4. The van der Waals surface area contributed by atoms with Gasteiger partial charge in [0.25, 0.3) is 0 Å². The van der Waals surface area contributed by atoms with E-state index >= 15 is 0 Å². The van der Waals surface area contributed by atoms with E-state index in [4.69, 9.17) is 17.3 Å². The van der Waals surface area contributed by atoms with Crippen molar-refractivity contribution in [3.63, 3.8) is 0 Å². The number of hydrogen-bond acceptors (Lipinski definition) is 6. The molecule has 2 unspecified atom stereocenters. The van der Waals surface area contributed by atoms with Crippen LogP contribution in [-0.4, -0.2) is 37.1 Å². The highest BCUT2D eigenvalue weighted by Gasteiger charge is 2.29. The van der Waals surface area contributed by atoms with Gasteiger partial charge in [0.1, 0.15) is 6.04 Å². The maximum absolute atomic E-state index is 13.0. The van der Waals surface area contributed by atoms with Crippen LogP contribution in [0.2, 0.25) is 0 Å². The summed E-state index contributed by atoms with van der Waals surface area (Å²) in [6, 6.07) is -0.231. The maximum Gasteiger partial charge on any atom is 0.210 e. The number of halogens is 2. The number of hydrogen-bond donors (Lipinski definition) is 2. The molecule has 9 nitrogen and oxygen atoms in total. The fourth-order valence-electron chi connectivity index (χ4n) is 2.30. The smallest absolute Gasteiger partial charge is 0.210 e. The third-order valence-corrected chi connectivity index (χ3v) is 3.98. The number of nitrogens with zero attached hydrogens (tertiary/aromatic N) is 7. The molecule has 1 aliphatic heterocycles. The van der Waals surface area contributed by atoms with Crippen LogP contribution in [0.25, 0.3) is 0 Å². The number of aromatic nitrogens is 4. The van der Waals surface area contributed by atoms with Gasteiger partial charge in [-0.2, -0.15) is 0 Å². The Kier molecular flexibility index (Phi) is 5.03. The molecule has 11 heteroatoms. The van der Waals surface area contributed by atoms with Crippen molar-refractivity contribution in [2.45, 2.75) is 38.5 Å². The maximum atomic E-state index is 13.0. The summed E-state index contributed by atoms with van der Waals surface area (Å²) in [6.45, 7) is 5.85. The predicted octanol–water partition coefficient (Wildman–Crippen LogP) is 1.76. The van der Waals surface area contributed by atoms with Crippen LogP contribution in [0.4, 0.5) is 10.2 Å². The highest BCUT2D eigenvalue weighted by Crippen LogP contribution is 2.23. The molecule has 2 atom stereocenters. The molecule has 3 N–H and O–H groups in total. The summed E-state index contributed by atoms with van der Waals surface area (Å²) in [7, 11) is 0. The summed E-state index contributed by atoms with van der Waals surface area (Å²) >= 11 is 6.35. The summed E-state index contributed by atoms with van der Waals surface area (Å²) in [5, 5.41) is 2.89. The molecule has 0 spiro atoms. The zero-order valence-corrected chi connectivity index (χ0v) is 15.3. The van der Waals surface area contributed by atoms with Crippen LogP contribution < -0.4 is 16.0 Å². The summed E-state index contributed by atoms with van der Waals surface area (Å²) in [5.41, 5.74) is 4.97. The summed E-state index contributed by atoms with van der Waals surface area (Å²) < 4.78 is 15.0. The van der Waals surface area contributed by atoms with Crippen LogP contribution in [0.5, 0.6) is 0 Å². The number of aliphatic imine (C=N–C) groups is 2. The third kappa shape index (κ3) is 3.74. The first-order valence-corrected chi connectivity index (χ1v) is 8.41. The monoisotopic (exact) mass is 379 g/mol. The van der Waals surface area contributed by atoms with Crippen molar-refractivity contribution >= 4 is 29.3 Å². The fraction of sp³-hybridized carbons (Fsp3) is 0.400. The summed E-state index contributed by atoms with van der Waals surface area (Å²) in [4.78, 5) is 22.5. The molecule has 26 heavy (non-hydrogen) atoms. The van der Waals surface area contributed by atoms with Crippen molar-refractivity contribution in [1.82, 2.24) is 24.8 Å². The number of alkyl halides is 1. The predicted molar refractivity (Wildman–Crippen MR) is 97.3 cm³/mol. The lowest BCUT2D eigenvalue weighted by Gasteiger charge is -2.31. The topological polar surface area (TPSA) is 110 Å². The van der Waals surface area contributed by atoms with E-state index in [9.17, 15) is 4.39 Å². The zero-order chi connectivity index (χ0) is 18.8. The van der Waals surface area contributed by atoms with Crippen LogP contribution >= 0.6 is 11.6 Å². The van der Waals surface area contributed by atoms with E-state index in [0.717, 1.165) is 12.4 Å². The molecule has 138 valence electrons. The first kappa shape index (κ1) is 18.1. The van der Waals surface area contributed by atoms with E-state index in [1.54, 1.807) is 18.2 Å². The minimum atomic E-state index is -0.813. The molecule has 2 aromatic heterocycles. The molecule has 0 bridgehead atoms. The molecular formula is C15H19ClFN9. The normalized spacial score (nSPS) is 20.2. The molecule has 3 rings (SSSR count). The molecule has 0 aliphatic carbocycles. The molecular weight excluding hydrogens is 361 g/mol. The number of anilines is 1. The number of guanidine groups is 2. The van der Waals surface area contributed by atoms with Gasteiger partial charge in [-0.3, -0.25) is 10.2 Å². The van der Waals surface area contributed by atoms with E-state index in [1.165, 1.54) is 0 Å². The average Bonchev–Trinajstić information content (AvgIpc) is 3.04. The van der Waals surface area contributed by atoms with E-state index < -0.39 is 17.5 Å². The standard InChI is InChI=1S/C15H19ClFN9/c1-8(2)25-6-11(21-7-25)26-13(16)23-14(18)24-15(26)22-9(3)12-19-4-10(17)5-20-12/h4-9,13H,1-3H3,(H3,18,22,23,24). The second-order valence-corrected chi connectivity index (χ2v) is 6.37. The average molecular weight is 380 g/mol. The first-order valence-electron chi connectivity index (χ1n) is 7.97. The first-order chi connectivity index (χ1) is 12.3. The van der Waals surface area contributed by atoms with Crippen LogP contribution in [0.3, 0.4) is 0 Å². The quantitative estimate of drug-likeness (QED) is 0.618. The van der Waals surface area contributed by atoms with Gasteiger partial charge in [0.2, 0.25) is 11.6 Å². The minimum absolute atomic E-state index is 0.135. The van der Waals surface area contributed by atoms with Gasteiger partial charge in [-0.05, 0) is 20.8 Å². The van der Waals surface area contributed by atoms with Gasteiger partial charge in [0.05, 0.1) is 18.7 Å². The Hall–Kier alpha value is -2.75. The molecule has 0 saturated heterocycles. The number of imidazole rings is 1. The Bertz CT molecular complexity index is 830. The number of nitrogens with two attached hydrogens (primary N) is 1. The van der Waals surface area contributed by atoms with E-state index in [1.807, 2.05) is 24.6 Å². The SMILES string of the molecule is CC(N=C1NC(N)=NC(Cl)N1c1cn(C(C)C)cn1)c1ncc(F)cn1. The van der Waals surface area contributed by atoms with E-state index in [-0.39, 0.29) is 12.0 Å². The Morgan fingerprint density at radius 1 is 1.27 bits per heavy atom. The molecule has 2 aromatic rings. The highest BCUT2D eigenvalue weighted by molar-refractivity contribution is 6.27. The van der Waals surface area contributed by atoms with Gasteiger partial charge in [-0.1, -0.05) is 11.6 Å². The second-order valence-electron chi connectivity index (χ2n) is 5.98. The van der Waals surface area contributed by atoms with Crippen molar-refractivity contribution in [3.05, 3.63) is 36.6 Å². The largest absolute Gasteiger partial charge is 0.370 e. The molecule has 0 radical (unpaired) electrons. The van der Waals surface area contributed by atoms with Crippen molar-refractivity contribution in [2.24, 2.45) is 15.7 Å². The van der Waals surface area contributed by atoms with Crippen LogP contribution in [0.15, 0.2) is 34.9 Å². The Labute approximate surface area is 154 Å². The fourth-order valence-corrected chi connectivity index (χ4v) is 2.60. The van der Waals surface area contributed by atoms with Crippen LogP contribution in [-0.2, 0) is 0 Å². The van der Waals surface area contributed by atoms with Gasteiger partial charge in [-0.15, -0.1) is 0 Å². The van der Waals surface area contributed by atoms with E-state index in [0.29, 0.717) is 17.6 Å². The lowest BCUT2D eigenvalue weighted by molar-refractivity contribution is 0.599. The van der Waals surface area contributed by atoms with Crippen molar-refractivity contribution in [2.75, 3.05) is 4.90 Å². The van der Waals surface area contributed by atoms with Crippen molar-refractivity contribution in [1.29, 1.82) is 0 Å².